The molecule has 5 heteroatoms. The third kappa shape index (κ3) is 2.88. The van der Waals surface area contributed by atoms with Crippen molar-refractivity contribution in [3.8, 4) is 11.6 Å². The fourth-order valence-electron chi connectivity index (χ4n) is 1.70. The number of halogens is 1. The summed E-state index contributed by atoms with van der Waals surface area (Å²) >= 11 is 0. The Morgan fingerprint density at radius 2 is 2.11 bits per heavy atom. The lowest BCUT2D eigenvalue weighted by molar-refractivity contribution is 0.272. The minimum Gasteiger partial charge on any atom is -0.435 e. The number of hydrogen-bond donors (Lipinski definition) is 1. The number of aryl methyl sites for hydroxylation is 2. The molecule has 100 valence electrons. The van der Waals surface area contributed by atoms with Gasteiger partial charge in [0.1, 0.15) is 0 Å². The number of ether oxygens (including phenoxy) is 1. The highest BCUT2D eigenvalue weighted by Gasteiger charge is 2.13. The molecule has 2 aromatic heterocycles. The van der Waals surface area contributed by atoms with Crippen molar-refractivity contribution in [2.45, 2.75) is 26.9 Å². The van der Waals surface area contributed by atoms with Gasteiger partial charge in [0.05, 0.1) is 12.3 Å². The van der Waals surface area contributed by atoms with E-state index in [9.17, 15) is 4.39 Å². The molecule has 0 aliphatic carbocycles. The quantitative estimate of drug-likeness (QED) is 0.920. The van der Waals surface area contributed by atoms with Gasteiger partial charge in [-0.05, 0) is 31.5 Å². The Bertz CT molecular complexity index is 588. The molecule has 0 aromatic carbocycles. The highest BCUT2D eigenvalue weighted by molar-refractivity contribution is 5.34. The summed E-state index contributed by atoms with van der Waals surface area (Å²) in [6, 6.07) is 4.95. The van der Waals surface area contributed by atoms with Crippen molar-refractivity contribution in [3.05, 3.63) is 47.2 Å². The number of aromatic nitrogens is 2. The molecule has 0 radical (unpaired) electrons. The van der Waals surface area contributed by atoms with E-state index >= 15 is 0 Å². The molecule has 0 bridgehead atoms. The lowest BCUT2D eigenvalue weighted by atomic mass is 10.2. The predicted molar refractivity (Wildman–Crippen MR) is 68.5 cm³/mol. The molecule has 2 rings (SSSR count). The van der Waals surface area contributed by atoms with Crippen LogP contribution in [0.1, 0.15) is 23.9 Å². The van der Waals surface area contributed by atoms with Crippen LogP contribution in [0, 0.1) is 12.7 Å². The molecule has 2 aromatic rings. The predicted octanol–water partition coefficient (Wildman–Crippen LogP) is 2.77. The number of hydrogen-bond acceptors (Lipinski definition) is 4. The van der Waals surface area contributed by atoms with E-state index in [1.165, 1.54) is 12.3 Å². The maximum Gasteiger partial charge on any atom is 0.256 e. The fourth-order valence-corrected chi connectivity index (χ4v) is 1.70. The molecule has 0 atom stereocenters. The van der Waals surface area contributed by atoms with E-state index in [1.54, 1.807) is 12.1 Å². The first kappa shape index (κ1) is 13.4. The lowest BCUT2D eigenvalue weighted by Crippen LogP contribution is -2.00. The minimum atomic E-state index is -0.646. The number of rotatable bonds is 4. The third-order valence-corrected chi connectivity index (χ3v) is 2.72. The van der Waals surface area contributed by atoms with Crippen molar-refractivity contribution in [2.24, 2.45) is 0 Å². The summed E-state index contributed by atoms with van der Waals surface area (Å²) in [6.07, 6.45) is 2.08. The van der Waals surface area contributed by atoms with Gasteiger partial charge in [0.25, 0.3) is 5.88 Å². The van der Waals surface area contributed by atoms with Crippen LogP contribution in [-0.4, -0.2) is 15.1 Å². The Kier molecular flexibility index (Phi) is 4.06. The largest absolute Gasteiger partial charge is 0.435 e. The fraction of sp³-hybridized carbons (Fsp3) is 0.286. The average molecular weight is 262 g/mol. The maximum atomic E-state index is 13.9. The molecular formula is C14H15FN2O2. The average Bonchev–Trinajstić information content (AvgIpc) is 2.42. The molecule has 0 saturated heterocycles. The number of nitrogens with zero attached hydrogens (tertiary/aromatic N) is 2. The van der Waals surface area contributed by atoms with E-state index in [2.05, 4.69) is 9.97 Å². The van der Waals surface area contributed by atoms with Crippen LogP contribution in [0.15, 0.2) is 24.4 Å². The standard InChI is InChI=1S/C14H15FN2O2/c1-3-11-12(5-4-9(2)17-11)19-14-13(15)10(8-18)6-7-16-14/h4-7,18H,3,8H2,1-2H3. The van der Waals surface area contributed by atoms with Crippen LogP contribution >= 0.6 is 0 Å². The van der Waals surface area contributed by atoms with E-state index < -0.39 is 12.4 Å². The summed E-state index contributed by atoms with van der Waals surface area (Å²) in [5.41, 5.74) is 1.78. The van der Waals surface area contributed by atoms with Gasteiger partial charge in [0.2, 0.25) is 0 Å². The van der Waals surface area contributed by atoms with Gasteiger partial charge in [-0.15, -0.1) is 0 Å². The molecule has 0 aliphatic heterocycles. The highest BCUT2D eigenvalue weighted by atomic mass is 19.1. The zero-order chi connectivity index (χ0) is 13.8. The van der Waals surface area contributed by atoms with E-state index in [-0.39, 0.29) is 11.4 Å². The molecule has 0 unspecified atom stereocenters. The van der Waals surface area contributed by atoms with Crippen LogP contribution in [0.2, 0.25) is 0 Å². The Morgan fingerprint density at radius 3 is 2.79 bits per heavy atom. The molecular weight excluding hydrogens is 247 g/mol. The highest BCUT2D eigenvalue weighted by Crippen LogP contribution is 2.26. The Labute approximate surface area is 110 Å². The first-order valence-corrected chi connectivity index (χ1v) is 6.04. The van der Waals surface area contributed by atoms with Gasteiger partial charge in [0.15, 0.2) is 11.6 Å². The van der Waals surface area contributed by atoms with Crippen LogP contribution in [0.4, 0.5) is 4.39 Å². The molecule has 0 amide bonds. The molecule has 0 spiro atoms. The SMILES string of the molecule is CCc1nc(C)ccc1Oc1nccc(CO)c1F. The van der Waals surface area contributed by atoms with Crippen molar-refractivity contribution in [1.82, 2.24) is 9.97 Å². The van der Waals surface area contributed by atoms with Crippen LogP contribution < -0.4 is 4.74 Å². The molecule has 19 heavy (non-hydrogen) atoms. The van der Waals surface area contributed by atoms with E-state index in [0.29, 0.717) is 12.2 Å². The van der Waals surface area contributed by atoms with Gasteiger partial charge in [-0.3, -0.25) is 4.98 Å². The van der Waals surface area contributed by atoms with Crippen LogP contribution in [0.25, 0.3) is 0 Å². The summed E-state index contributed by atoms with van der Waals surface area (Å²) in [5, 5.41) is 9.01. The van der Waals surface area contributed by atoms with Gasteiger partial charge in [0, 0.05) is 17.5 Å². The zero-order valence-electron chi connectivity index (χ0n) is 10.9. The van der Waals surface area contributed by atoms with Gasteiger partial charge in [-0.25, -0.2) is 9.37 Å². The van der Waals surface area contributed by atoms with Crippen LogP contribution in [0.5, 0.6) is 11.6 Å². The molecule has 1 N–H and O–H groups in total. The Morgan fingerprint density at radius 1 is 1.32 bits per heavy atom. The van der Waals surface area contributed by atoms with Crippen molar-refractivity contribution in [3.63, 3.8) is 0 Å². The lowest BCUT2D eigenvalue weighted by Gasteiger charge is -2.10. The summed E-state index contributed by atoms with van der Waals surface area (Å²) < 4.78 is 19.4. The first-order valence-electron chi connectivity index (χ1n) is 6.04. The Hall–Kier alpha value is -2.01. The monoisotopic (exact) mass is 262 g/mol. The Balaban J connectivity index is 2.36. The van der Waals surface area contributed by atoms with Crippen molar-refractivity contribution in [2.75, 3.05) is 0 Å². The smallest absolute Gasteiger partial charge is 0.256 e. The van der Waals surface area contributed by atoms with Gasteiger partial charge < -0.3 is 9.84 Å². The topological polar surface area (TPSA) is 55.2 Å². The van der Waals surface area contributed by atoms with Crippen molar-refractivity contribution < 1.29 is 14.2 Å². The summed E-state index contributed by atoms with van der Waals surface area (Å²) in [5.74, 6) is -0.311. The van der Waals surface area contributed by atoms with Gasteiger partial charge >= 0.3 is 0 Å². The van der Waals surface area contributed by atoms with E-state index in [1.807, 2.05) is 13.8 Å². The number of aliphatic hydroxyl groups is 1. The minimum absolute atomic E-state index is 0.146. The zero-order valence-corrected chi connectivity index (χ0v) is 10.9. The van der Waals surface area contributed by atoms with Crippen LogP contribution in [-0.2, 0) is 13.0 Å². The second-order valence-electron chi connectivity index (χ2n) is 4.10. The number of pyridine rings is 2. The molecule has 4 nitrogen and oxygen atoms in total. The van der Waals surface area contributed by atoms with Gasteiger partial charge in [-0.1, -0.05) is 6.92 Å². The molecule has 0 aliphatic rings. The second kappa shape index (κ2) is 5.75. The molecule has 0 fully saturated rings. The molecule has 2 heterocycles. The first-order chi connectivity index (χ1) is 9.15. The second-order valence-corrected chi connectivity index (χ2v) is 4.10. The van der Waals surface area contributed by atoms with E-state index in [0.717, 1.165) is 11.4 Å². The van der Waals surface area contributed by atoms with E-state index in [4.69, 9.17) is 9.84 Å². The maximum absolute atomic E-state index is 13.9. The third-order valence-electron chi connectivity index (χ3n) is 2.72. The molecule has 0 saturated carbocycles. The van der Waals surface area contributed by atoms with Crippen LogP contribution in [0.3, 0.4) is 0 Å². The summed E-state index contributed by atoms with van der Waals surface area (Å²) in [4.78, 5) is 8.18. The van der Waals surface area contributed by atoms with Crippen molar-refractivity contribution >= 4 is 0 Å². The summed E-state index contributed by atoms with van der Waals surface area (Å²) in [6.45, 7) is 3.44. The van der Waals surface area contributed by atoms with Crippen molar-refractivity contribution in [1.29, 1.82) is 0 Å². The normalized spacial score (nSPS) is 10.5. The number of aliphatic hydroxyl groups excluding tert-OH is 1. The summed E-state index contributed by atoms with van der Waals surface area (Å²) in [7, 11) is 0. The van der Waals surface area contributed by atoms with Gasteiger partial charge in [-0.2, -0.15) is 0 Å².